The molecule has 0 aromatic heterocycles. The molecule has 0 spiro atoms. The summed E-state index contributed by atoms with van der Waals surface area (Å²) in [5, 5.41) is 10.0. The molecule has 3 rings (SSSR count). The number of likely N-dealkylation sites (tertiary alicyclic amines) is 1. The van der Waals surface area contributed by atoms with Crippen LogP contribution in [0, 0.1) is 0 Å². The van der Waals surface area contributed by atoms with Gasteiger partial charge in [0.1, 0.15) is 5.54 Å². The second-order valence-electron chi connectivity index (χ2n) is 6.13. The van der Waals surface area contributed by atoms with Crippen LogP contribution in [-0.2, 0) is 4.79 Å². The van der Waals surface area contributed by atoms with Crippen LogP contribution in [0.25, 0.3) is 0 Å². The lowest BCUT2D eigenvalue weighted by Gasteiger charge is -2.47. The highest BCUT2D eigenvalue weighted by atomic mass is 16.4. The van der Waals surface area contributed by atoms with Gasteiger partial charge < -0.3 is 5.11 Å². The van der Waals surface area contributed by atoms with E-state index in [1.54, 1.807) is 0 Å². The molecule has 1 saturated heterocycles. The van der Waals surface area contributed by atoms with Crippen molar-refractivity contribution in [2.45, 2.75) is 50.0 Å². The van der Waals surface area contributed by atoms with E-state index in [1.807, 2.05) is 18.2 Å². The molecule has 3 nitrogen and oxygen atoms in total. The number of carboxylic acids is 1. The van der Waals surface area contributed by atoms with E-state index in [1.165, 1.54) is 5.56 Å². The van der Waals surface area contributed by atoms with Crippen LogP contribution in [0.1, 0.15) is 50.0 Å². The minimum atomic E-state index is -0.671. The Labute approximate surface area is 120 Å². The molecule has 1 aliphatic heterocycles. The molecule has 1 saturated carbocycles. The van der Waals surface area contributed by atoms with Crippen LogP contribution in [0.2, 0.25) is 0 Å². The Morgan fingerprint density at radius 2 is 1.80 bits per heavy atom. The fraction of sp³-hybridized carbons (Fsp3) is 0.588. The van der Waals surface area contributed by atoms with Gasteiger partial charge in [-0.15, -0.1) is 0 Å². The van der Waals surface area contributed by atoms with E-state index in [9.17, 15) is 9.90 Å². The van der Waals surface area contributed by atoms with Crippen molar-refractivity contribution >= 4 is 5.97 Å². The van der Waals surface area contributed by atoms with Crippen molar-refractivity contribution < 1.29 is 9.90 Å². The normalized spacial score (nSPS) is 31.3. The molecular weight excluding hydrogens is 250 g/mol. The first-order valence-corrected chi connectivity index (χ1v) is 7.78. The number of carbonyl (C=O) groups is 1. The molecule has 2 atom stereocenters. The number of hydrogen-bond donors (Lipinski definition) is 1. The number of benzene rings is 1. The van der Waals surface area contributed by atoms with E-state index in [2.05, 4.69) is 17.0 Å². The van der Waals surface area contributed by atoms with E-state index in [-0.39, 0.29) is 5.92 Å². The molecule has 1 aliphatic carbocycles. The molecule has 1 aromatic rings. The van der Waals surface area contributed by atoms with E-state index >= 15 is 0 Å². The van der Waals surface area contributed by atoms with Crippen LogP contribution in [0.5, 0.6) is 0 Å². The summed E-state index contributed by atoms with van der Waals surface area (Å²) < 4.78 is 0. The molecule has 1 heterocycles. The number of nitrogens with zero attached hydrogens (tertiary/aromatic N) is 1. The maximum absolute atomic E-state index is 12.2. The van der Waals surface area contributed by atoms with Crippen LogP contribution in [0.3, 0.4) is 0 Å². The molecule has 20 heavy (non-hydrogen) atoms. The van der Waals surface area contributed by atoms with E-state index in [0.717, 1.165) is 51.6 Å². The van der Waals surface area contributed by atoms with E-state index in [0.29, 0.717) is 0 Å². The predicted molar refractivity (Wildman–Crippen MR) is 78.8 cm³/mol. The van der Waals surface area contributed by atoms with Gasteiger partial charge >= 0.3 is 5.97 Å². The molecule has 3 heteroatoms. The van der Waals surface area contributed by atoms with Crippen molar-refractivity contribution in [1.29, 1.82) is 0 Å². The Morgan fingerprint density at radius 1 is 1.10 bits per heavy atom. The molecule has 0 radical (unpaired) electrons. The summed E-state index contributed by atoms with van der Waals surface area (Å²) in [7, 11) is 0. The lowest BCUT2D eigenvalue weighted by molar-refractivity contribution is -0.155. The largest absolute Gasteiger partial charge is 0.480 e. The average Bonchev–Trinajstić information content (AvgIpc) is 3.02. The molecule has 108 valence electrons. The van der Waals surface area contributed by atoms with Crippen molar-refractivity contribution in [2.75, 3.05) is 13.1 Å². The zero-order valence-corrected chi connectivity index (χ0v) is 11.9. The van der Waals surface area contributed by atoms with Crippen LogP contribution in [-0.4, -0.2) is 34.6 Å². The zero-order chi connectivity index (χ0) is 14.0. The summed E-state index contributed by atoms with van der Waals surface area (Å²) >= 11 is 0. The van der Waals surface area contributed by atoms with E-state index < -0.39 is 11.5 Å². The zero-order valence-electron chi connectivity index (χ0n) is 11.9. The quantitative estimate of drug-likeness (QED) is 0.919. The molecule has 1 N–H and O–H groups in total. The molecule has 2 unspecified atom stereocenters. The van der Waals surface area contributed by atoms with Gasteiger partial charge in [0.05, 0.1) is 0 Å². The second kappa shape index (κ2) is 5.57. The van der Waals surface area contributed by atoms with Gasteiger partial charge in [0.25, 0.3) is 0 Å². The van der Waals surface area contributed by atoms with Crippen molar-refractivity contribution in [1.82, 2.24) is 4.90 Å². The van der Waals surface area contributed by atoms with Crippen molar-refractivity contribution in [3.8, 4) is 0 Å². The maximum atomic E-state index is 12.2. The second-order valence-corrected chi connectivity index (χ2v) is 6.13. The van der Waals surface area contributed by atoms with Gasteiger partial charge in [-0.1, -0.05) is 43.2 Å². The molecule has 1 aromatic carbocycles. The third kappa shape index (κ3) is 2.14. The third-order valence-electron chi connectivity index (χ3n) is 5.12. The summed E-state index contributed by atoms with van der Waals surface area (Å²) in [6.07, 6.45) is 6.23. The SMILES string of the molecule is O=C(O)C1(N2CCCC2)CCCCC1c1ccccc1. The average molecular weight is 273 g/mol. The fourth-order valence-electron chi connectivity index (χ4n) is 4.17. The lowest BCUT2D eigenvalue weighted by Crippen LogP contribution is -2.58. The first-order chi connectivity index (χ1) is 9.75. The minimum absolute atomic E-state index is 0.132. The molecule has 0 bridgehead atoms. The number of aliphatic carboxylic acids is 1. The first kappa shape index (κ1) is 13.6. The monoisotopic (exact) mass is 273 g/mol. The molecule has 2 aliphatic rings. The van der Waals surface area contributed by atoms with Gasteiger partial charge in [-0.2, -0.15) is 0 Å². The molecular formula is C17H23NO2. The Kier molecular flexibility index (Phi) is 3.79. The minimum Gasteiger partial charge on any atom is -0.480 e. The van der Waals surface area contributed by atoms with Gasteiger partial charge in [-0.05, 0) is 44.3 Å². The van der Waals surface area contributed by atoms with Gasteiger partial charge in [0.2, 0.25) is 0 Å². The summed E-state index contributed by atoms with van der Waals surface area (Å²) in [4.78, 5) is 14.5. The molecule has 0 amide bonds. The molecule has 2 fully saturated rings. The van der Waals surface area contributed by atoms with Gasteiger partial charge in [-0.25, -0.2) is 0 Å². The summed E-state index contributed by atoms with van der Waals surface area (Å²) in [6.45, 7) is 1.88. The summed E-state index contributed by atoms with van der Waals surface area (Å²) in [5.41, 5.74) is 0.525. The van der Waals surface area contributed by atoms with Crippen molar-refractivity contribution in [3.05, 3.63) is 35.9 Å². The number of rotatable bonds is 3. The van der Waals surface area contributed by atoms with Crippen LogP contribution in [0.4, 0.5) is 0 Å². The Balaban J connectivity index is 2.02. The van der Waals surface area contributed by atoms with E-state index in [4.69, 9.17) is 0 Å². The maximum Gasteiger partial charge on any atom is 0.324 e. The highest BCUT2D eigenvalue weighted by Crippen LogP contribution is 2.46. The summed E-state index contributed by atoms with van der Waals surface area (Å²) in [6, 6.07) is 10.3. The highest BCUT2D eigenvalue weighted by Gasteiger charge is 2.52. The van der Waals surface area contributed by atoms with Crippen molar-refractivity contribution in [3.63, 3.8) is 0 Å². The number of carboxylic acid groups (broad SMARTS) is 1. The first-order valence-electron chi connectivity index (χ1n) is 7.78. The van der Waals surface area contributed by atoms with Crippen LogP contribution >= 0.6 is 0 Å². The van der Waals surface area contributed by atoms with Crippen molar-refractivity contribution in [2.24, 2.45) is 0 Å². The van der Waals surface area contributed by atoms with Gasteiger partial charge in [0.15, 0.2) is 0 Å². The highest BCUT2D eigenvalue weighted by molar-refractivity contribution is 5.81. The standard InChI is InChI=1S/C17H23NO2/c19-16(20)17(18-12-6-7-13-18)11-5-4-10-15(17)14-8-2-1-3-9-14/h1-3,8-9,15H,4-7,10-13H2,(H,19,20). The fourth-order valence-corrected chi connectivity index (χ4v) is 4.17. The Hall–Kier alpha value is -1.35. The topological polar surface area (TPSA) is 40.5 Å². The third-order valence-corrected chi connectivity index (χ3v) is 5.12. The van der Waals surface area contributed by atoms with Gasteiger partial charge in [0, 0.05) is 5.92 Å². The smallest absolute Gasteiger partial charge is 0.324 e. The van der Waals surface area contributed by atoms with Crippen LogP contribution in [0.15, 0.2) is 30.3 Å². The number of hydrogen-bond acceptors (Lipinski definition) is 2. The van der Waals surface area contributed by atoms with Crippen LogP contribution < -0.4 is 0 Å². The lowest BCUT2D eigenvalue weighted by atomic mass is 9.68. The Bertz CT molecular complexity index is 467. The Morgan fingerprint density at radius 3 is 2.45 bits per heavy atom. The predicted octanol–water partition coefficient (Wildman–Crippen LogP) is 3.26. The van der Waals surface area contributed by atoms with Gasteiger partial charge in [-0.3, -0.25) is 9.69 Å². The summed E-state index contributed by atoms with van der Waals surface area (Å²) in [5.74, 6) is -0.485.